The molecule has 18 heavy (non-hydrogen) atoms. The summed E-state index contributed by atoms with van der Waals surface area (Å²) in [5.41, 5.74) is 0. The van der Waals surface area contributed by atoms with E-state index < -0.39 is 0 Å². The molecule has 0 atom stereocenters. The molecule has 0 amide bonds. The van der Waals surface area contributed by atoms with E-state index in [9.17, 15) is 0 Å². The first-order chi connectivity index (χ1) is 8.86. The van der Waals surface area contributed by atoms with Crippen LogP contribution in [0.1, 0.15) is 31.7 Å². The molecule has 1 N–H and O–H groups in total. The number of nitrogens with zero attached hydrogens (tertiary/aromatic N) is 5. The third-order valence-electron chi connectivity index (χ3n) is 3.15. The third-order valence-corrected chi connectivity index (χ3v) is 3.15. The lowest BCUT2D eigenvalue weighted by molar-refractivity contribution is 0.342. The number of hydrogen-bond donors (Lipinski definition) is 1. The van der Waals surface area contributed by atoms with Crippen LogP contribution in [-0.2, 0) is 6.42 Å². The normalized spacial score (nSPS) is 17.2. The van der Waals surface area contributed by atoms with Crippen molar-refractivity contribution in [1.29, 1.82) is 0 Å². The van der Waals surface area contributed by atoms with Crippen molar-refractivity contribution in [2.45, 2.75) is 32.2 Å². The van der Waals surface area contributed by atoms with Crippen molar-refractivity contribution < 1.29 is 4.42 Å². The number of rotatable bonds is 3. The summed E-state index contributed by atoms with van der Waals surface area (Å²) in [7, 11) is 0. The smallest absolute Gasteiger partial charge is 0.287 e. The number of aryl methyl sites for hydroxylation is 1. The molecule has 96 valence electrons. The van der Waals surface area contributed by atoms with Gasteiger partial charge < -0.3 is 9.73 Å². The number of hydrogen-bond acceptors (Lipinski definition) is 6. The van der Waals surface area contributed by atoms with Gasteiger partial charge in [0.05, 0.1) is 6.04 Å². The number of piperidine rings is 1. The highest BCUT2D eigenvalue weighted by Crippen LogP contribution is 2.19. The van der Waals surface area contributed by atoms with E-state index in [-0.39, 0.29) is 0 Å². The Hall–Kier alpha value is -1.76. The quantitative estimate of drug-likeness (QED) is 0.865. The zero-order valence-corrected chi connectivity index (χ0v) is 10.3. The molecule has 3 heterocycles. The van der Waals surface area contributed by atoms with Crippen molar-refractivity contribution in [1.82, 2.24) is 30.3 Å². The summed E-state index contributed by atoms with van der Waals surface area (Å²) in [4.78, 5) is 4.24. The molecule has 0 aliphatic carbocycles. The minimum absolute atomic E-state index is 0.402. The molecule has 2 aromatic heterocycles. The van der Waals surface area contributed by atoms with Gasteiger partial charge in [0, 0.05) is 6.42 Å². The molecule has 1 aliphatic heterocycles. The van der Waals surface area contributed by atoms with Crippen LogP contribution in [0.2, 0.25) is 0 Å². The minimum Gasteiger partial charge on any atom is -0.418 e. The average molecular weight is 248 g/mol. The molecule has 7 heteroatoms. The van der Waals surface area contributed by atoms with E-state index in [0.29, 0.717) is 23.6 Å². The monoisotopic (exact) mass is 248 g/mol. The van der Waals surface area contributed by atoms with Crippen molar-refractivity contribution in [3.8, 4) is 11.7 Å². The van der Waals surface area contributed by atoms with Crippen LogP contribution in [0, 0.1) is 0 Å². The Kier molecular flexibility index (Phi) is 3.06. The molecule has 0 unspecified atom stereocenters. The van der Waals surface area contributed by atoms with E-state index in [1.165, 1.54) is 0 Å². The minimum atomic E-state index is 0.402. The molecule has 1 aliphatic rings. The van der Waals surface area contributed by atoms with Gasteiger partial charge in [-0.1, -0.05) is 6.92 Å². The molecular weight excluding hydrogens is 232 g/mol. The molecule has 0 spiro atoms. The van der Waals surface area contributed by atoms with Crippen molar-refractivity contribution in [2.75, 3.05) is 13.1 Å². The van der Waals surface area contributed by atoms with E-state index in [2.05, 4.69) is 25.6 Å². The zero-order valence-electron chi connectivity index (χ0n) is 10.3. The molecule has 7 nitrogen and oxygen atoms in total. The average Bonchev–Trinajstić information content (AvgIpc) is 3.08. The Morgan fingerprint density at radius 2 is 2.22 bits per heavy atom. The molecule has 0 bridgehead atoms. The van der Waals surface area contributed by atoms with Crippen LogP contribution in [0.15, 0.2) is 10.7 Å². The van der Waals surface area contributed by atoms with Gasteiger partial charge in [0.15, 0.2) is 0 Å². The Morgan fingerprint density at radius 3 is 2.94 bits per heavy atom. The first-order valence-electron chi connectivity index (χ1n) is 6.31. The molecule has 2 aromatic rings. The second kappa shape index (κ2) is 4.85. The SMILES string of the molecule is CCc1nnc(-c2ncn(C3CCNCC3)n2)o1. The lowest BCUT2D eigenvalue weighted by atomic mass is 10.1. The lowest BCUT2D eigenvalue weighted by Gasteiger charge is -2.22. The predicted octanol–water partition coefficient (Wildman–Crippen LogP) is 0.815. The maximum atomic E-state index is 5.45. The predicted molar refractivity (Wildman–Crippen MR) is 63.8 cm³/mol. The van der Waals surface area contributed by atoms with Gasteiger partial charge in [-0.3, -0.25) is 0 Å². The van der Waals surface area contributed by atoms with Gasteiger partial charge in [-0.05, 0) is 25.9 Å². The summed E-state index contributed by atoms with van der Waals surface area (Å²) >= 11 is 0. The summed E-state index contributed by atoms with van der Waals surface area (Å²) in [6.07, 6.45) is 4.63. The maximum Gasteiger partial charge on any atom is 0.287 e. The Morgan fingerprint density at radius 1 is 1.39 bits per heavy atom. The summed E-state index contributed by atoms with van der Waals surface area (Å²) in [6.45, 7) is 4.03. The lowest BCUT2D eigenvalue weighted by Crippen LogP contribution is -2.29. The Balaban J connectivity index is 1.79. The van der Waals surface area contributed by atoms with Gasteiger partial charge in [-0.15, -0.1) is 15.3 Å². The van der Waals surface area contributed by atoms with Gasteiger partial charge in [-0.25, -0.2) is 9.67 Å². The topological polar surface area (TPSA) is 81.7 Å². The molecule has 1 fully saturated rings. The summed E-state index contributed by atoms with van der Waals surface area (Å²) in [6, 6.07) is 0.418. The second-order valence-electron chi connectivity index (χ2n) is 4.38. The third kappa shape index (κ3) is 2.13. The number of aromatic nitrogens is 5. The fourth-order valence-corrected chi connectivity index (χ4v) is 2.11. The highest BCUT2D eigenvalue weighted by Gasteiger charge is 2.18. The molecule has 0 aromatic carbocycles. The Bertz CT molecular complexity index is 513. The van der Waals surface area contributed by atoms with E-state index >= 15 is 0 Å². The van der Waals surface area contributed by atoms with Crippen LogP contribution in [-0.4, -0.2) is 38.1 Å². The standard InChI is InChI=1S/C11H16N6O/c1-2-9-14-15-11(18-9)10-13-7-17(16-10)8-3-5-12-6-4-8/h7-8,12H,2-6H2,1H3. The van der Waals surface area contributed by atoms with Crippen LogP contribution in [0.5, 0.6) is 0 Å². The first kappa shape index (κ1) is 11.3. The fraction of sp³-hybridized carbons (Fsp3) is 0.636. The highest BCUT2D eigenvalue weighted by molar-refractivity contribution is 5.37. The zero-order chi connectivity index (χ0) is 12.4. The van der Waals surface area contributed by atoms with Crippen molar-refractivity contribution in [3.63, 3.8) is 0 Å². The molecule has 1 saturated heterocycles. The second-order valence-corrected chi connectivity index (χ2v) is 4.38. The van der Waals surface area contributed by atoms with Crippen LogP contribution in [0.25, 0.3) is 11.7 Å². The molecule has 3 rings (SSSR count). The van der Waals surface area contributed by atoms with Crippen molar-refractivity contribution in [2.24, 2.45) is 0 Å². The van der Waals surface area contributed by atoms with Gasteiger partial charge in [0.1, 0.15) is 6.33 Å². The molecule has 0 saturated carbocycles. The fourth-order valence-electron chi connectivity index (χ4n) is 2.11. The summed E-state index contributed by atoms with van der Waals surface area (Å²) in [5, 5.41) is 15.6. The summed E-state index contributed by atoms with van der Waals surface area (Å²) < 4.78 is 7.36. The van der Waals surface area contributed by atoms with Gasteiger partial charge >= 0.3 is 0 Å². The van der Waals surface area contributed by atoms with Gasteiger partial charge in [0.2, 0.25) is 11.7 Å². The number of nitrogens with one attached hydrogen (secondary N) is 1. The largest absolute Gasteiger partial charge is 0.418 e. The highest BCUT2D eigenvalue weighted by atomic mass is 16.4. The first-order valence-corrected chi connectivity index (χ1v) is 6.31. The van der Waals surface area contributed by atoms with Crippen LogP contribution in [0.4, 0.5) is 0 Å². The summed E-state index contributed by atoms with van der Waals surface area (Å²) in [5.74, 6) is 1.53. The Labute approximate surface area is 105 Å². The van der Waals surface area contributed by atoms with Crippen LogP contribution in [0.3, 0.4) is 0 Å². The van der Waals surface area contributed by atoms with E-state index in [1.54, 1.807) is 6.33 Å². The van der Waals surface area contributed by atoms with Crippen LogP contribution < -0.4 is 5.32 Å². The van der Waals surface area contributed by atoms with E-state index in [0.717, 1.165) is 32.4 Å². The van der Waals surface area contributed by atoms with Gasteiger partial charge in [-0.2, -0.15) is 0 Å². The van der Waals surface area contributed by atoms with E-state index in [4.69, 9.17) is 4.42 Å². The van der Waals surface area contributed by atoms with E-state index in [1.807, 2.05) is 11.6 Å². The van der Waals surface area contributed by atoms with Crippen molar-refractivity contribution in [3.05, 3.63) is 12.2 Å². The molecule has 0 radical (unpaired) electrons. The maximum absolute atomic E-state index is 5.45. The molecular formula is C11H16N6O. The van der Waals surface area contributed by atoms with Crippen LogP contribution >= 0.6 is 0 Å². The van der Waals surface area contributed by atoms with Crippen molar-refractivity contribution >= 4 is 0 Å². The van der Waals surface area contributed by atoms with Gasteiger partial charge in [0.25, 0.3) is 5.89 Å².